The molecule has 0 aromatic rings. The van der Waals surface area contributed by atoms with Crippen molar-refractivity contribution in [2.24, 2.45) is 0 Å². The molecule has 0 radical (unpaired) electrons. The van der Waals surface area contributed by atoms with Crippen molar-refractivity contribution >= 4 is 11.9 Å². The van der Waals surface area contributed by atoms with Gasteiger partial charge in [0.2, 0.25) is 0 Å². The van der Waals surface area contributed by atoms with Crippen molar-refractivity contribution in [2.45, 2.75) is 12.6 Å². The molecule has 9 heavy (non-hydrogen) atoms. The fourth-order valence-electron chi connectivity index (χ4n) is 1.03. The minimum absolute atomic E-state index is 0.490. The van der Waals surface area contributed by atoms with Crippen molar-refractivity contribution < 1.29 is 4.84 Å². The number of hydrogen-bond acceptors (Lipinski definition) is 4. The first kappa shape index (κ1) is 5.97. The average Bonchev–Trinajstić information content (AvgIpc) is 2.11. The minimum Gasteiger partial charge on any atom is -0.296 e. The summed E-state index contributed by atoms with van der Waals surface area (Å²) in [7, 11) is 0. The monoisotopic (exact) mass is 146 g/mol. The molecule has 2 aliphatic rings. The second kappa shape index (κ2) is 2.46. The molecule has 0 aliphatic carbocycles. The van der Waals surface area contributed by atoms with Crippen LogP contribution in [0.4, 0.5) is 0 Å². The van der Waals surface area contributed by atoms with Gasteiger partial charge in [0.15, 0.2) is 0 Å². The second-order valence-corrected chi connectivity index (χ2v) is 3.18. The van der Waals surface area contributed by atoms with E-state index in [0.717, 1.165) is 13.2 Å². The summed E-state index contributed by atoms with van der Waals surface area (Å²) in [5.41, 5.74) is 0. The van der Waals surface area contributed by atoms with E-state index in [9.17, 15) is 0 Å². The maximum Gasteiger partial charge on any atom is 0.0942 e. The van der Waals surface area contributed by atoms with Crippen LogP contribution in [-0.4, -0.2) is 30.1 Å². The Morgan fingerprint density at radius 3 is 3.00 bits per heavy atom. The lowest BCUT2D eigenvalue weighted by atomic mass is 10.3. The van der Waals surface area contributed by atoms with Crippen LogP contribution in [-0.2, 0) is 4.84 Å². The van der Waals surface area contributed by atoms with Crippen LogP contribution in [0.15, 0.2) is 0 Å². The number of hydroxylamine groups is 2. The first-order valence-corrected chi connectivity index (χ1v) is 4.22. The van der Waals surface area contributed by atoms with Gasteiger partial charge in [0.25, 0.3) is 0 Å². The summed E-state index contributed by atoms with van der Waals surface area (Å²) in [6, 6.07) is 0. The molecule has 2 heterocycles. The van der Waals surface area contributed by atoms with E-state index in [0.29, 0.717) is 6.17 Å². The van der Waals surface area contributed by atoms with E-state index >= 15 is 0 Å². The Balaban J connectivity index is 1.82. The molecule has 0 saturated carbocycles. The van der Waals surface area contributed by atoms with Crippen LogP contribution in [0.5, 0.6) is 0 Å². The Labute approximate surface area is 58.8 Å². The maximum atomic E-state index is 5.17. The van der Waals surface area contributed by atoms with Gasteiger partial charge in [-0.1, -0.05) is 11.9 Å². The number of rotatable bonds is 1. The molecule has 0 aromatic heterocycles. The number of nitrogens with zero attached hydrogens (tertiary/aromatic N) is 1. The van der Waals surface area contributed by atoms with Gasteiger partial charge < -0.3 is 0 Å². The van der Waals surface area contributed by atoms with Crippen molar-refractivity contribution in [1.29, 1.82) is 0 Å². The van der Waals surface area contributed by atoms with Crippen LogP contribution in [0.3, 0.4) is 0 Å². The van der Waals surface area contributed by atoms with E-state index in [1.165, 1.54) is 12.2 Å². The second-order valence-electron chi connectivity index (χ2n) is 2.24. The summed E-state index contributed by atoms with van der Waals surface area (Å²) in [5, 5.41) is 2.01. The van der Waals surface area contributed by atoms with Gasteiger partial charge in [0, 0.05) is 5.75 Å². The van der Waals surface area contributed by atoms with Crippen molar-refractivity contribution in [2.75, 3.05) is 18.9 Å². The molecule has 0 spiro atoms. The highest BCUT2D eigenvalue weighted by Gasteiger charge is 2.27. The van der Waals surface area contributed by atoms with E-state index < -0.39 is 0 Å². The molecule has 0 bridgehead atoms. The fraction of sp³-hybridized carbons (Fsp3) is 1.00. The molecule has 1 N–H and O–H groups in total. The van der Waals surface area contributed by atoms with Crippen molar-refractivity contribution in [3.63, 3.8) is 0 Å². The lowest BCUT2D eigenvalue weighted by molar-refractivity contribution is -0.270. The smallest absolute Gasteiger partial charge is 0.0942 e. The first-order valence-electron chi connectivity index (χ1n) is 3.24. The summed E-state index contributed by atoms with van der Waals surface area (Å²) < 4.78 is 3.28. The molecule has 52 valence electrons. The van der Waals surface area contributed by atoms with Crippen LogP contribution in [0.25, 0.3) is 0 Å². The van der Waals surface area contributed by atoms with Gasteiger partial charge in [-0.3, -0.25) is 4.84 Å². The van der Waals surface area contributed by atoms with Crippen LogP contribution in [0.1, 0.15) is 6.42 Å². The summed E-state index contributed by atoms with van der Waals surface area (Å²) in [6.45, 7) is 2.00. The van der Waals surface area contributed by atoms with Crippen LogP contribution < -0.4 is 4.72 Å². The van der Waals surface area contributed by atoms with E-state index in [2.05, 4.69) is 4.72 Å². The Hall–Kier alpha value is 0.230. The van der Waals surface area contributed by atoms with Gasteiger partial charge in [0.05, 0.1) is 19.3 Å². The molecule has 4 heteroatoms. The van der Waals surface area contributed by atoms with Gasteiger partial charge in [-0.15, -0.1) is 0 Å². The van der Waals surface area contributed by atoms with Crippen molar-refractivity contribution in [1.82, 2.24) is 9.79 Å². The Morgan fingerprint density at radius 2 is 2.56 bits per heavy atom. The molecular weight excluding hydrogens is 136 g/mol. The first-order chi connectivity index (χ1) is 4.47. The third-order valence-corrected chi connectivity index (χ3v) is 2.51. The predicted octanol–water partition coefficient (Wildman–Crippen LogP) is 0.201. The third-order valence-electron chi connectivity index (χ3n) is 1.63. The molecule has 2 aliphatic heterocycles. The molecule has 1 unspecified atom stereocenters. The molecule has 0 amide bonds. The van der Waals surface area contributed by atoms with E-state index in [1.807, 2.05) is 5.06 Å². The minimum atomic E-state index is 0.490. The SMILES string of the molecule is C1CN(C2CCSN2)O1. The van der Waals surface area contributed by atoms with Crippen LogP contribution >= 0.6 is 11.9 Å². The zero-order chi connectivity index (χ0) is 6.10. The van der Waals surface area contributed by atoms with Gasteiger partial charge in [-0.2, -0.15) is 5.06 Å². The Morgan fingerprint density at radius 1 is 1.67 bits per heavy atom. The summed E-state index contributed by atoms with van der Waals surface area (Å²) in [5.74, 6) is 1.21. The largest absolute Gasteiger partial charge is 0.296 e. The van der Waals surface area contributed by atoms with E-state index in [1.54, 1.807) is 11.9 Å². The number of nitrogens with one attached hydrogen (secondary N) is 1. The summed E-state index contributed by atoms with van der Waals surface area (Å²) in [6.07, 6.45) is 1.70. The maximum absolute atomic E-state index is 5.17. The molecule has 0 aromatic carbocycles. The predicted molar refractivity (Wildman–Crippen MR) is 36.7 cm³/mol. The molecule has 3 nitrogen and oxygen atoms in total. The third kappa shape index (κ3) is 1.08. The van der Waals surface area contributed by atoms with Gasteiger partial charge >= 0.3 is 0 Å². The highest BCUT2D eigenvalue weighted by molar-refractivity contribution is 7.97. The zero-order valence-electron chi connectivity index (χ0n) is 5.17. The van der Waals surface area contributed by atoms with Crippen molar-refractivity contribution in [3.05, 3.63) is 0 Å². The molecule has 2 rings (SSSR count). The normalized spacial score (nSPS) is 36.7. The quantitative estimate of drug-likeness (QED) is 0.534. The standard InChI is InChI=1S/C5H10N2OS/c1-4-9-6-5(1)7-2-3-8-7/h5-6H,1-4H2. The van der Waals surface area contributed by atoms with Crippen LogP contribution in [0, 0.1) is 0 Å². The topological polar surface area (TPSA) is 24.5 Å². The number of hydrogen-bond donors (Lipinski definition) is 1. The van der Waals surface area contributed by atoms with Gasteiger partial charge in [0.1, 0.15) is 0 Å². The molecule has 1 atom stereocenters. The summed E-state index contributed by atoms with van der Waals surface area (Å²) >= 11 is 1.79. The van der Waals surface area contributed by atoms with Gasteiger partial charge in [-0.05, 0) is 6.42 Å². The average molecular weight is 146 g/mol. The highest BCUT2D eigenvalue weighted by atomic mass is 32.2. The summed E-state index contributed by atoms with van der Waals surface area (Å²) in [4.78, 5) is 5.17. The van der Waals surface area contributed by atoms with Gasteiger partial charge in [-0.25, -0.2) is 4.72 Å². The Bertz CT molecular complexity index is 101. The Kier molecular flexibility index (Phi) is 1.63. The zero-order valence-corrected chi connectivity index (χ0v) is 5.99. The molecular formula is C5H10N2OS. The molecule has 2 fully saturated rings. The molecule has 2 saturated heterocycles. The van der Waals surface area contributed by atoms with Crippen LogP contribution in [0.2, 0.25) is 0 Å². The lowest BCUT2D eigenvalue weighted by Gasteiger charge is -2.34. The van der Waals surface area contributed by atoms with E-state index in [4.69, 9.17) is 4.84 Å². The van der Waals surface area contributed by atoms with E-state index in [-0.39, 0.29) is 0 Å². The lowest BCUT2D eigenvalue weighted by Crippen LogP contribution is -2.49. The van der Waals surface area contributed by atoms with Crippen molar-refractivity contribution in [3.8, 4) is 0 Å². The fourth-order valence-corrected chi connectivity index (χ4v) is 1.92. The highest BCUT2D eigenvalue weighted by Crippen LogP contribution is 2.19.